The van der Waals surface area contributed by atoms with Crippen LogP contribution in [0.3, 0.4) is 0 Å². The molecule has 0 spiro atoms. The molecule has 0 unspecified atom stereocenters. The van der Waals surface area contributed by atoms with E-state index in [1.54, 1.807) is 24.3 Å². The molecular weight excluding hydrogens is 551 g/mol. The second-order valence-corrected chi connectivity index (χ2v) is 8.20. The molecule has 31 heavy (non-hydrogen) atoms. The molecule has 12 heteroatoms. The normalized spacial score (nSPS) is 12.2. The van der Waals surface area contributed by atoms with Crippen LogP contribution in [0.25, 0.3) is 0 Å². The van der Waals surface area contributed by atoms with E-state index in [2.05, 4.69) is 20.3 Å². The first-order chi connectivity index (χ1) is 14.1. The summed E-state index contributed by atoms with van der Waals surface area (Å²) in [7, 11) is -2.17. The van der Waals surface area contributed by atoms with Crippen LogP contribution in [0.4, 0.5) is 17.6 Å². The smallest absolute Gasteiger partial charge is 0.355 e. The second-order valence-electron chi connectivity index (χ2n) is 6.28. The number of hydrogen-bond acceptors (Lipinski definition) is 3. The Bertz CT molecular complexity index is 971. The maximum absolute atomic E-state index is 13.2. The van der Waals surface area contributed by atoms with Crippen LogP contribution >= 0.6 is 24.0 Å². The first-order valence-corrected chi connectivity index (χ1v) is 10.6. The van der Waals surface area contributed by atoms with E-state index in [0.717, 1.165) is 17.7 Å². The van der Waals surface area contributed by atoms with Gasteiger partial charge in [0.2, 0.25) is 10.0 Å². The van der Waals surface area contributed by atoms with Crippen LogP contribution in [-0.2, 0) is 29.3 Å². The van der Waals surface area contributed by atoms with E-state index in [4.69, 9.17) is 0 Å². The Morgan fingerprint density at radius 2 is 1.71 bits per heavy atom. The van der Waals surface area contributed by atoms with Gasteiger partial charge in [0, 0.05) is 26.7 Å². The van der Waals surface area contributed by atoms with E-state index in [1.807, 2.05) is 6.07 Å². The third kappa shape index (κ3) is 9.39. The molecule has 0 aromatic heterocycles. The van der Waals surface area contributed by atoms with E-state index in [1.165, 1.54) is 7.05 Å². The molecule has 0 saturated heterocycles. The predicted molar refractivity (Wildman–Crippen MR) is 122 cm³/mol. The lowest BCUT2D eigenvalue weighted by molar-refractivity contribution is -0.138. The molecule has 0 amide bonds. The number of benzene rings is 2. The molecule has 2 rings (SSSR count). The van der Waals surface area contributed by atoms with Gasteiger partial charge in [-0.2, -0.15) is 13.2 Å². The van der Waals surface area contributed by atoms with Crippen molar-refractivity contribution in [1.29, 1.82) is 0 Å². The molecule has 0 aliphatic rings. The van der Waals surface area contributed by atoms with Crippen molar-refractivity contribution in [3.8, 4) is 0 Å². The lowest BCUT2D eigenvalue weighted by Crippen LogP contribution is -2.41. The number of nitrogens with one attached hydrogen (secondary N) is 3. The van der Waals surface area contributed by atoms with Crippen molar-refractivity contribution in [2.45, 2.75) is 19.3 Å². The standard InChI is InChI=1S/C19H22F4N4O2S.HI/c1-24-18(26-13-15-7-8-16(20)11-17(15)19(21,22)23)25-9-10-30(28,29)27-12-14-5-3-2-4-6-14;/h2-8,11,27H,9-10,12-13H2,1H3,(H2,24,25,26);1H. The number of sulfonamides is 1. The molecule has 0 radical (unpaired) electrons. The average Bonchev–Trinajstić information content (AvgIpc) is 2.70. The van der Waals surface area contributed by atoms with Gasteiger partial charge in [0.05, 0.1) is 11.3 Å². The molecule has 0 heterocycles. The van der Waals surface area contributed by atoms with E-state index >= 15 is 0 Å². The Kier molecular flexibility index (Phi) is 10.7. The summed E-state index contributed by atoms with van der Waals surface area (Å²) in [6.07, 6.45) is -4.70. The molecule has 0 aliphatic carbocycles. The van der Waals surface area contributed by atoms with Crippen molar-refractivity contribution in [2.24, 2.45) is 4.99 Å². The number of hydrogen-bond donors (Lipinski definition) is 3. The lowest BCUT2D eigenvalue weighted by Gasteiger charge is -2.16. The molecular formula is C19H23F4IN4O2S. The Hall–Kier alpha value is -1.93. The first kappa shape index (κ1) is 27.1. The van der Waals surface area contributed by atoms with E-state index in [-0.39, 0.29) is 60.9 Å². The highest BCUT2D eigenvalue weighted by molar-refractivity contribution is 14.0. The minimum atomic E-state index is -4.70. The van der Waals surface area contributed by atoms with Crippen LogP contribution in [-0.4, -0.2) is 33.7 Å². The van der Waals surface area contributed by atoms with Gasteiger partial charge in [-0.1, -0.05) is 36.4 Å². The van der Waals surface area contributed by atoms with Gasteiger partial charge in [0.15, 0.2) is 5.96 Å². The number of nitrogens with zero attached hydrogens (tertiary/aromatic N) is 1. The Morgan fingerprint density at radius 3 is 2.32 bits per heavy atom. The fraction of sp³-hybridized carbons (Fsp3) is 0.316. The summed E-state index contributed by atoms with van der Waals surface area (Å²) in [6.45, 7) is -0.131. The highest BCUT2D eigenvalue weighted by Gasteiger charge is 2.33. The third-order valence-electron chi connectivity index (χ3n) is 4.05. The number of rotatable bonds is 8. The Labute approximate surface area is 195 Å². The van der Waals surface area contributed by atoms with Gasteiger partial charge < -0.3 is 10.6 Å². The van der Waals surface area contributed by atoms with E-state index < -0.39 is 27.6 Å². The highest BCUT2D eigenvalue weighted by Crippen LogP contribution is 2.32. The van der Waals surface area contributed by atoms with Crippen LogP contribution in [0.15, 0.2) is 53.5 Å². The zero-order valence-electron chi connectivity index (χ0n) is 16.5. The molecule has 3 N–H and O–H groups in total. The largest absolute Gasteiger partial charge is 0.416 e. The zero-order valence-corrected chi connectivity index (χ0v) is 19.7. The molecule has 2 aromatic rings. The van der Waals surface area contributed by atoms with Gasteiger partial charge in [-0.25, -0.2) is 17.5 Å². The highest BCUT2D eigenvalue weighted by atomic mass is 127. The molecule has 0 bridgehead atoms. The summed E-state index contributed by atoms with van der Waals surface area (Å²) >= 11 is 0. The van der Waals surface area contributed by atoms with Gasteiger partial charge in [0.1, 0.15) is 5.82 Å². The quantitative estimate of drug-likeness (QED) is 0.196. The average molecular weight is 574 g/mol. The monoisotopic (exact) mass is 574 g/mol. The number of halogens is 5. The van der Waals surface area contributed by atoms with Crippen molar-refractivity contribution < 1.29 is 26.0 Å². The first-order valence-electron chi connectivity index (χ1n) is 8.92. The maximum atomic E-state index is 13.2. The minimum absolute atomic E-state index is 0. The molecule has 6 nitrogen and oxygen atoms in total. The summed E-state index contributed by atoms with van der Waals surface area (Å²) in [5, 5.41) is 5.39. The fourth-order valence-corrected chi connectivity index (χ4v) is 3.43. The van der Waals surface area contributed by atoms with Gasteiger partial charge in [-0.15, -0.1) is 24.0 Å². The topological polar surface area (TPSA) is 82.6 Å². The van der Waals surface area contributed by atoms with Gasteiger partial charge >= 0.3 is 6.18 Å². The summed E-state index contributed by atoms with van der Waals surface area (Å²) < 4.78 is 78.9. The van der Waals surface area contributed by atoms with Crippen molar-refractivity contribution in [3.63, 3.8) is 0 Å². The maximum Gasteiger partial charge on any atom is 0.416 e. The van der Waals surface area contributed by atoms with E-state index in [0.29, 0.717) is 6.07 Å². The minimum Gasteiger partial charge on any atom is -0.355 e. The molecule has 0 fully saturated rings. The fourth-order valence-electron chi connectivity index (χ4n) is 2.53. The Morgan fingerprint density at radius 1 is 1.03 bits per heavy atom. The predicted octanol–water partition coefficient (Wildman–Crippen LogP) is 3.25. The van der Waals surface area contributed by atoms with Crippen LogP contribution in [0.2, 0.25) is 0 Å². The second kappa shape index (κ2) is 12.2. The van der Waals surface area contributed by atoms with Gasteiger partial charge in [-0.3, -0.25) is 4.99 Å². The van der Waals surface area contributed by atoms with E-state index in [9.17, 15) is 26.0 Å². The molecule has 2 aromatic carbocycles. The number of alkyl halides is 3. The molecule has 0 aliphatic heterocycles. The summed E-state index contributed by atoms with van der Waals surface area (Å²) in [5.74, 6) is -1.13. The Balaban J connectivity index is 0.00000480. The molecule has 0 saturated carbocycles. The number of aliphatic imine (C=N–C) groups is 1. The van der Waals surface area contributed by atoms with Crippen molar-refractivity contribution in [3.05, 3.63) is 71.0 Å². The summed E-state index contributed by atoms with van der Waals surface area (Å²) in [6, 6.07) is 11.4. The molecule has 0 atom stereocenters. The number of guanidine groups is 1. The molecule has 172 valence electrons. The van der Waals surface area contributed by atoms with Crippen molar-refractivity contribution in [2.75, 3.05) is 19.3 Å². The van der Waals surface area contributed by atoms with Crippen LogP contribution in [0.1, 0.15) is 16.7 Å². The summed E-state index contributed by atoms with van der Waals surface area (Å²) in [4.78, 5) is 3.85. The third-order valence-corrected chi connectivity index (χ3v) is 5.38. The SMILES string of the molecule is CN=C(NCCS(=O)(=O)NCc1ccccc1)NCc1ccc(F)cc1C(F)(F)F.I. The van der Waals surface area contributed by atoms with Crippen molar-refractivity contribution in [1.82, 2.24) is 15.4 Å². The van der Waals surface area contributed by atoms with Gasteiger partial charge in [0.25, 0.3) is 0 Å². The van der Waals surface area contributed by atoms with Crippen LogP contribution < -0.4 is 15.4 Å². The summed E-state index contributed by atoms with van der Waals surface area (Å²) in [5.41, 5.74) is -0.437. The van der Waals surface area contributed by atoms with Crippen molar-refractivity contribution >= 4 is 40.0 Å². The van der Waals surface area contributed by atoms with Crippen LogP contribution in [0, 0.1) is 5.82 Å². The van der Waals surface area contributed by atoms with Crippen LogP contribution in [0.5, 0.6) is 0 Å². The van der Waals surface area contributed by atoms with Gasteiger partial charge in [-0.05, 0) is 23.3 Å². The lowest BCUT2D eigenvalue weighted by atomic mass is 10.1. The zero-order chi connectivity index (χ0) is 22.2.